The fourth-order valence-corrected chi connectivity index (χ4v) is 2.88. The van der Waals surface area contributed by atoms with Gasteiger partial charge < -0.3 is 10.1 Å². The maximum absolute atomic E-state index is 6.15. The molecule has 0 unspecified atom stereocenters. The Morgan fingerprint density at radius 1 is 1.33 bits per heavy atom. The molecule has 0 radical (unpaired) electrons. The summed E-state index contributed by atoms with van der Waals surface area (Å²) in [5.41, 5.74) is 0. The molecule has 2 rings (SSSR count). The van der Waals surface area contributed by atoms with Crippen molar-refractivity contribution in [3.63, 3.8) is 0 Å². The van der Waals surface area contributed by atoms with Gasteiger partial charge in [0, 0.05) is 12.5 Å². The summed E-state index contributed by atoms with van der Waals surface area (Å²) >= 11 is 18.3. The van der Waals surface area contributed by atoms with Crippen molar-refractivity contribution in [2.45, 2.75) is 25.9 Å². The number of ether oxygens (including phenoxy) is 1. The Bertz CT molecular complexity index is 419. The standard InChI is InChI=1S/C13H16Cl3NO/c1-2-11(8-5-6-17-7-8)18-13-10(15)4-3-9(14)12(13)16/h3-4,8,11,17H,2,5-7H2,1H3/t8-,11-/m0/s1. The summed E-state index contributed by atoms with van der Waals surface area (Å²) in [7, 11) is 0. The van der Waals surface area contributed by atoms with Gasteiger partial charge in [0.05, 0.1) is 10.0 Å². The number of rotatable bonds is 4. The predicted molar refractivity (Wildman–Crippen MR) is 77.2 cm³/mol. The van der Waals surface area contributed by atoms with Crippen molar-refractivity contribution in [1.82, 2.24) is 5.32 Å². The lowest BCUT2D eigenvalue weighted by atomic mass is 9.99. The summed E-state index contributed by atoms with van der Waals surface area (Å²) < 4.78 is 6.00. The van der Waals surface area contributed by atoms with Crippen molar-refractivity contribution in [2.24, 2.45) is 5.92 Å². The van der Waals surface area contributed by atoms with Gasteiger partial charge in [-0.25, -0.2) is 0 Å². The first kappa shape index (κ1) is 14.3. The summed E-state index contributed by atoms with van der Waals surface area (Å²) in [6.45, 7) is 4.13. The zero-order valence-corrected chi connectivity index (χ0v) is 12.4. The van der Waals surface area contributed by atoms with Crippen LogP contribution in [0.4, 0.5) is 0 Å². The van der Waals surface area contributed by atoms with Crippen molar-refractivity contribution < 1.29 is 4.74 Å². The van der Waals surface area contributed by atoms with Crippen LogP contribution in [0.2, 0.25) is 15.1 Å². The summed E-state index contributed by atoms with van der Waals surface area (Å²) in [5, 5.41) is 4.71. The van der Waals surface area contributed by atoms with Gasteiger partial charge >= 0.3 is 0 Å². The topological polar surface area (TPSA) is 21.3 Å². The molecular weight excluding hydrogens is 293 g/mol. The Morgan fingerprint density at radius 3 is 2.67 bits per heavy atom. The van der Waals surface area contributed by atoms with Crippen LogP contribution in [-0.2, 0) is 0 Å². The SMILES string of the molecule is CC[C@H](Oc1c(Cl)ccc(Cl)c1Cl)[C@H]1CCNC1. The Hall–Kier alpha value is -0.150. The van der Waals surface area contributed by atoms with E-state index in [1.807, 2.05) is 0 Å². The van der Waals surface area contributed by atoms with E-state index in [-0.39, 0.29) is 6.10 Å². The largest absolute Gasteiger partial charge is 0.487 e. The number of hydrogen-bond donors (Lipinski definition) is 1. The summed E-state index contributed by atoms with van der Waals surface area (Å²) in [6, 6.07) is 3.39. The van der Waals surface area contributed by atoms with Gasteiger partial charge in [0.1, 0.15) is 11.1 Å². The molecule has 100 valence electrons. The van der Waals surface area contributed by atoms with Gasteiger partial charge in [0.2, 0.25) is 0 Å². The summed E-state index contributed by atoms with van der Waals surface area (Å²) in [4.78, 5) is 0. The molecule has 0 aliphatic carbocycles. The van der Waals surface area contributed by atoms with Gasteiger partial charge in [0.25, 0.3) is 0 Å². The van der Waals surface area contributed by atoms with E-state index >= 15 is 0 Å². The lowest BCUT2D eigenvalue weighted by Crippen LogP contribution is -2.28. The van der Waals surface area contributed by atoms with Gasteiger partial charge in [-0.05, 0) is 31.5 Å². The van der Waals surface area contributed by atoms with E-state index in [2.05, 4.69) is 12.2 Å². The van der Waals surface area contributed by atoms with Crippen molar-refractivity contribution in [3.05, 3.63) is 27.2 Å². The van der Waals surface area contributed by atoms with Crippen molar-refractivity contribution in [3.8, 4) is 5.75 Å². The highest BCUT2D eigenvalue weighted by molar-refractivity contribution is 6.44. The van der Waals surface area contributed by atoms with Gasteiger partial charge in [-0.1, -0.05) is 41.7 Å². The molecule has 2 nitrogen and oxygen atoms in total. The van der Waals surface area contributed by atoms with Gasteiger partial charge in [-0.15, -0.1) is 0 Å². The minimum Gasteiger partial charge on any atom is -0.487 e. The second-order valence-electron chi connectivity index (χ2n) is 4.49. The molecule has 0 saturated carbocycles. The molecule has 1 aromatic rings. The molecular formula is C13H16Cl3NO. The van der Waals surface area contributed by atoms with Crippen LogP contribution in [-0.4, -0.2) is 19.2 Å². The van der Waals surface area contributed by atoms with Gasteiger partial charge in [-0.3, -0.25) is 0 Å². The lowest BCUT2D eigenvalue weighted by Gasteiger charge is -2.24. The summed E-state index contributed by atoms with van der Waals surface area (Å²) in [6.07, 6.45) is 2.16. The molecule has 5 heteroatoms. The van der Waals surface area contributed by atoms with E-state index in [4.69, 9.17) is 39.5 Å². The lowest BCUT2D eigenvalue weighted by molar-refractivity contribution is 0.139. The quantitative estimate of drug-likeness (QED) is 0.832. The van der Waals surface area contributed by atoms with Crippen LogP contribution in [0.5, 0.6) is 5.75 Å². The minimum atomic E-state index is 0.119. The van der Waals surface area contributed by atoms with Crippen molar-refractivity contribution in [2.75, 3.05) is 13.1 Å². The fourth-order valence-electron chi connectivity index (χ4n) is 2.28. The van der Waals surface area contributed by atoms with Crippen LogP contribution in [0.25, 0.3) is 0 Å². The second kappa shape index (κ2) is 6.33. The van der Waals surface area contributed by atoms with E-state index in [1.165, 1.54) is 0 Å². The van der Waals surface area contributed by atoms with E-state index in [0.29, 0.717) is 26.7 Å². The maximum Gasteiger partial charge on any atom is 0.158 e. The smallest absolute Gasteiger partial charge is 0.158 e. The van der Waals surface area contributed by atoms with Crippen LogP contribution >= 0.6 is 34.8 Å². The van der Waals surface area contributed by atoms with Crippen molar-refractivity contribution in [1.29, 1.82) is 0 Å². The summed E-state index contributed by atoms with van der Waals surface area (Å²) in [5.74, 6) is 1.01. The second-order valence-corrected chi connectivity index (χ2v) is 5.68. The third-order valence-electron chi connectivity index (χ3n) is 3.30. The highest BCUT2D eigenvalue weighted by Gasteiger charge is 2.26. The zero-order chi connectivity index (χ0) is 13.1. The monoisotopic (exact) mass is 307 g/mol. The molecule has 1 saturated heterocycles. The molecule has 1 aliphatic heterocycles. The molecule has 0 amide bonds. The molecule has 2 atom stereocenters. The molecule has 0 spiro atoms. The van der Waals surface area contributed by atoms with Gasteiger partial charge in [0.15, 0.2) is 5.75 Å². The third-order valence-corrected chi connectivity index (χ3v) is 4.38. The molecule has 18 heavy (non-hydrogen) atoms. The molecule has 1 aromatic carbocycles. The number of nitrogens with one attached hydrogen (secondary N) is 1. The first-order valence-corrected chi connectivity index (χ1v) is 7.27. The third kappa shape index (κ3) is 3.05. The van der Waals surface area contributed by atoms with E-state index in [1.54, 1.807) is 12.1 Å². The Balaban J connectivity index is 2.18. The molecule has 1 fully saturated rings. The number of benzene rings is 1. The minimum absolute atomic E-state index is 0.119. The van der Waals surface area contributed by atoms with Crippen LogP contribution < -0.4 is 10.1 Å². The molecule has 0 bridgehead atoms. The molecule has 1 N–H and O–H groups in total. The Labute approximate surface area is 123 Å². The first-order valence-electron chi connectivity index (χ1n) is 6.14. The normalized spacial score (nSPS) is 21.0. The Morgan fingerprint density at radius 2 is 2.06 bits per heavy atom. The zero-order valence-electron chi connectivity index (χ0n) is 10.2. The van der Waals surface area contributed by atoms with E-state index in [9.17, 15) is 0 Å². The Kier molecular flexibility index (Phi) is 5.02. The highest BCUT2D eigenvalue weighted by Crippen LogP contribution is 2.39. The van der Waals surface area contributed by atoms with E-state index < -0.39 is 0 Å². The molecule has 0 aromatic heterocycles. The van der Waals surface area contributed by atoms with E-state index in [0.717, 1.165) is 25.9 Å². The van der Waals surface area contributed by atoms with Crippen molar-refractivity contribution >= 4 is 34.8 Å². The number of halogens is 3. The molecule has 1 heterocycles. The van der Waals surface area contributed by atoms with Crippen LogP contribution in [0, 0.1) is 5.92 Å². The fraction of sp³-hybridized carbons (Fsp3) is 0.538. The maximum atomic E-state index is 6.15. The molecule has 1 aliphatic rings. The highest BCUT2D eigenvalue weighted by atomic mass is 35.5. The van der Waals surface area contributed by atoms with Crippen LogP contribution in [0.15, 0.2) is 12.1 Å². The number of hydrogen-bond acceptors (Lipinski definition) is 2. The average molecular weight is 309 g/mol. The predicted octanol–water partition coefficient (Wildman–Crippen LogP) is 4.41. The van der Waals surface area contributed by atoms with Crippen LogP contribution in [0.1, 0.15) is 19.8 Å². The first-order chi connectivity index (χ1) is 8.63. The van der Waals surface area contributed by atoms with Crippen LogP contribution in [0.3, 0.4) is 0 Å². The van der Waals surface area contributed by atoms with Gasteiger partial charge in [-0.2, -0.15) is 0 Å². The average Bonchev–Trinajstić information content (AvgIpc) is 2.88.